The third kappa shape index (κ3) is 4.45. The van der Waals surface area contributed by atoms with Crippen LogP contribution in [0.25, 0.3) is 10.8 Å². The molecular weight excluding hydrogens is 396 g/mol. The van der Waals surface area contributed by atoms with Gasteiger partial charge in [0, 0.05) is 11.9 Å². The summed E-state index contributed by atoms with van der Waals surface area (Å²) in [6, 6.07) is 28.0. The summed E-state index contributed by atoms with van der Waals surface area (Å²) in [6.45, 7) is 0.579. The lowest BCUT2D eigenvalue weighted by atomic mass is 10.1. The summed E-state index contributed by atoms with van der Waals surface area (Å²) in [7, 11) is -3.80. The van der Waals surface area contributed by atoms with Gasteiger partial charge in [-0.1, -0.05) is 72.8 Å². The molecule has 0 saturated carbocycles. The summed E-state index contributed by atoms with van der Waals surface area (Å²) in [5.41, 5.74) is 8.10. The highest BCUT2D eigenvalue weighted by Crippen LogP contribution is 2.28. The van der Waals surface area contributed by atoms with Crippen LogP contribution in [-0.2, 0) is 23.2 Å². The molecule has 5 nitrogen and oxygen atoms in total. The number of sulfonamides is 1. The lowest BCUT2D eigenvalue weighted by molar-refractivity contribution is 0.306. The van der Waals surface area contributed by atoms with Crippen LogP contribution in [0, 0.1) is 0 Å². The van der Waals surface area contributed by atoms with Crippen molar-refractivity contribution in [2.24, 2.45) is 0 Å². The maximum atomic E-state index is 13.0. The molecule has 0 bridgehead atoms. The lowest BCUT2D eigenvalue weighted by Crippen LogP contribution is -2.24. The van der Waals surface area contributed by atoms with Gasteiger partial charge in [-0.25, -0.2) is 13.1 Å². The van der Waals surface area contributed by atoms with Crippen LogP contribution < -0.4 is 15.2 Å². The fraction of sp³-hybridized carbons (Fsp3) is 0.0833. The highest BCUT2D eigenvalue weighted by atomic mass is 32.2. The van der Waals surface area contributed by atoms with Gasteiger partial charge in [-0.05, 0) is 34.7 Å². The predicted octanol–water partition coefficient (Wildman–Crippen LogP) is 4.48. The van der Waals surface area contributed by atoms with Crippen LogP contribution in [0.1, 0.15) is 11.1 Å². The first-order chi connectivity index (χ1) is 14.5. The molecular formula is C24H22N2O3S. The predicted molar refractivity (Wildman–Crippen MR) is 120 cm³/mol. The minimum atomic E-state index is -3.80. The Hall–Kier alpha value is -3.35. The van der Waals surface area contributed by atoms with E-state index in [-0.39, 0.29) is 17.1 Å². The van der Waals surface area contributed by atoms with Crippen molar-refractivity contribution in [2.45, 2.75) is 18.0 Å². The molecule has 0 fully saturated rings. The van der Waals surface area contributed by atoms with Crippen molar-refractivity contribution in [3.63, 3.8) is 0 Å². The van der Waals surface area contributed by atoms with Crippen molar-refractivity contribution in [2.75, 3.05) is 5.73 Å². The number of nitrogens with two attached hydrogens (primary N) is 1. The Kier molecular flexibility index (Phi) is 5.70. The Morgan fingerprint density at radius 2 is 1.53 bits per heavy atom. The molecule has 0 aliphatic carbocycles. The Labute approximate surface area is 176 Å². The van der Waals surface area contributed by atoms with Crippen LogP contribution in [0.2, 0.25) is 0 Å². The number of rotatable bonds is 7. The normalized spacial score (nSPS) is 11.5. The minimum Gasteiger partial charge on any atom is -0.489 e. The number of benzene rings is 4. The van der Waals surface area contributed by atoms with Crippen LogP contribution in [0.4, 0.5) is 5.69 Å². The highest BCUT2D eigenvalue weighted by Gasteiger charge is 2.20. The molecule has 0 aliphatic rings. The number of nitrogens with one attached hydrogen (secondary N) is 1. The standard InChI is InChI=1S/C24H22N2O3S/c25-23-14-13-20-10-4-5-12-22(20)24(23)30(27,28)26-16-19-9-6-11-21(15-19)29-17-18-7-2-1-3-8-18/h1-15,26H,16-17,25H2. The van der Waals surface area contributed by atoms with E-state index in [1.165, 1.54) is 0 Å². The average Bonchev–Trinajstić information content (AvgIpc) is 2.77. The topological polar surface area (TPSA) is 81.4 Å². The second kappa shape index (κ2) is 8.57. The first kappa shape index (κ1) is 19.9. The molecule has 4 aromatic rings. The van der Waals surface area contributed by atoms with Crippen LogP contribution in [0.5, 0.6) is 5.75 Å². The second-order valence-corrected chi connectivity index (χ2v) is 8.66. The molecule has 6 heteroatoms. The molecule has 0 aliphatic heterocycles. The number of ether oxygens (including phenoxy) is 1. The van der Waals surface area contributed by atoms with Gasteiger partial charge in [-0.15, -0.1) is 0 Å². The van der Waals surface area contributed by atoms with E-state index in [0.717, 1.165) is 16.5 Å². The molecule has 0 atom stereocenters. The van der Waals surface area contributed by atoms with Crippen molar-refractivity contribution in [1.29, 1.82) is 0 Å². The smallest absolute Gasteiger partial charge is 0.243 e. The number of hydrogen-bond donors (Lipinski definition) is 2. The van der Waals surface area contributed by atoms with Crippen LogP contribution >= 0.6 is 0 Å². The zero-order valence-electron chi connectivity index (χ0n) is 16.3. The zero-order chi connectivity index (χ0) is 21.0. The summed E-state index contributed by atoms with van der Waals surface area (Å²) in [5.74, 6) is 0.681. The zero-order valence-corrected chi connectivity index (χ0v) is 17.1. The Balaban J connectivity index is 1.50. The largest absolute Gasteiger partial charge is 0.489 e. The van der Waals surface area contributed by atoms with E-state index >= 15 is 0 Å². The van der Waals surface area contributed by atoms with E-state index in [2.05, 4.69) is 4.72 Å². The number of nitrogen functional groups attached to an aromatic ring is 1. The molecule has 0 heterocycles. The van der Waals surface area contributed by atoms with E-state index in [9.17, 15) is 8.42 Å². The maximum Gasteiger partial charge on any atom is 0.243 e. The molecule has 0 spiro atoms. The average molecular weight is 419 g/mol. The molecule has 30 heavy (non-hydrogen) atoms. The minimum absolute atomic E-state index is 0.108. The fourth-order valence-corrected chi connectivity index (χ4v) is 4.65. The molecule has 0 aromatic heterocycles. The van der Waals surface area contributed by atoms with E-state index in [1.54, 1.807) is 18.2 Å². The summed E-state index contributed by atoms with van der Waals surface area (Å²) in [6.07, 6.45) is 0. The van der Waals surface area contributed by atoms with Gasteiger partial charge in [0.1, 0.15) is 17.3 Å². The Morgan fingerprint density at radius 3 is 2.37 bits per heavy atom. The highest BCUT2D eigenvalue weighted by molar-refractivity contribution is 7.89. The molecule has 0 saturated heterocycles. The first-order valence-corrected chi connectivity index (χ1v) is 11.0. The summed E-state index contributed by atoms with van der Waals surface area (Å²) in [5, 5.41) is 1.42. The van der Waals surface area contributed by atoms with E-state index in [4.69, 9.17) is 10.5 Å². The van der Waals surface area contributed by atoms with Crippen molar-refractivity contribution in [1.82, 2.24) is 4.72 Å². The van der Waals surface area contributed by atoms with Gasteiger partial charge in [0.15, 0.2) is 0 Å². The molecule has 152 valence electrons. The van der Waals surface area contributed by atoms with Crippen molar-refractivity contribution in [3.05, 3.63) is 102 Å². The summed E-state index contributed by atoms with van der Waals surface area (Å²) in [4.78, 5) is 0.108. The van der Waals surface area contributed by atoms with E-state index in [0.29, 0.717) is 17.7 Å². The molecule has 0 radical (unpaired) electrons. The van der Waals surface area contributed by atoms with Gasteiger partial charge in [0.25, 0.3) is 0 Å². The maximum absolute atomic E-state index is 13.0. The molecule has 4 aromatic carbocycles. The van der Waals surface area contributed by atoms with Crippen LogP contribution in [0.3, 0.4) is 0 Å². The summed E-state index contributed by atoms with van der Waals surface area (Å²) >= 11 is 0. The molecule has 3 N–H and O–H groups in total. The second-order valence-electron chi connectivity index (χ2n) is 6.95. The Morgan fingerprint density at radius 1 is 0.800 bits per heavy atom. The molecule has 0 amide bonds. The van der Waals surface area contributed by atoms with E-state index < -0.39 is 10.0 Å². The summed E-state index contributed by atoms with van der Waals surface area (Å²) < 4.78 is 34.5. The van der Waals surface area contributed by atoms with Gasteiger partial charge in [0.05, 0.1) is 5.69 Å². The van der Waals surface area contributed by atoms with Gasteiger partial charge in [0.2, 0.25) is 10.0 Å². The Bertz CT molecular complexity index is 1270. The van der Waals surface area contributed by atoms with E-state index in [1.807, 2.05) is 72.8 Å². The van der Waals surface area contributed by atoms with Crippen molar-refractivity contribution in [3.8, 4) is 5.75 Å². The molecule has 4 rings (SSSR count). The van der Waals surface area contributed by atoms with Gasteiger partial charge < -0.3 is 10.5 Å². The van der Waals surface area contributed by atoms with Crippen molar-refractivity contribution < 1.29 is 13.2 Å². The fourth-order valence-electron chi connectivity index (χ4n) is 3.30. The third-order valence-corrected chi connectivity index (χ3v) is 6.31. The SMILES string of the molecule is Nc1ccc2ccccc2c1S(=O)(=O)NCc1cccc(OCc2ccccc2)c1. The quantitative estimate of drug-likeness (QED) is 0.434. The number of anilines is 1. The number of hydrogen-bond acceptors (Lipinski definition) is 4. The van der Waals surface area contributed by atoms with Crippen molar-refractivity contribution >= 4 is 26.5 Å². The third-order valence-electron chi connectivity index (χ3n) is 4.79. The van der Waals surface area contributed by atoms with Gasteiger partial charge in [-0.2, -0.15) is 0 Å². The monoisotopic (exact) mass is 418 g/mol. The first-order valence-electron chi connectivity index (χ1n) is 9.55. The van der Waals surface area contributed by atoms with Crippen LogP contribution in [-0.4, -0.2) is 8.42 Å². The number of fused-ring (bicyclic) bond motifs is 1. The lowest BCUT2D eigenvalue weighted by Gasteiger charge is -2.13. The van der Waals surface area contributed by atoms with Crippen LogP contribution in [0.15, 0.2) is 95.9 Å². The van der Waals surface area contributed by atoms with Gasteiger partial charge in [-0.3, -0.25) is 0 Å². The van der Waals surface area contributed by atoms with Gasteiger partial charge >= 0.3 is 0 Å². The molecule has 0 unspecified atom stereocenters.